The van der Waals surface area contributed by atoms with Crippen molar-refractivity contribution >= 4 is 57.1 Å². The number of carbonyl (C=O) groups is 2. The van der Waals surface area contributed by atoms with Crippen molar-refractivity contribution in [3.8, 4) is 0 Å². The molecule has 1 aliphatic rings. The lowest BCUT2D eigenvalue weighted by Gasteiger charge is -2.15. The number of nitrogens with zero attached hydrogens (tertiary/aromatic N) is 1. The van der Waals surface area contributed by atoms with Gasteiger partial charge in [-0.3, -0.25) is 14.5 Å². The third-order valence-electron chi connectivity index (χ3n) is 4.50. The molecule has 0 saturated carbocycles. The fourth-order valence-corrected chi connectivity index (χ4v) is 4.17. The average molecular weight is 397 g/mol. The van der Waals surface area contributed by atoms with Gasteiger partial charge in [0, 0.05) is 12.6 Å². The molecule has 2 aromatic carbocycles. The summed E-state index contributed by atoms with van der Waals surface area (Å²) >= 11 is 6.78. The van der Waals surface area contributed by atoms with Gasteiger partial charge >= 0.3 is 0 Å². The molecule has 27 heavy (non-hydrogen) atoms. The zero-order chi connectivity index (χ0) is 19.7. The largest absolute Gasteiger partial charge is 0.326 e. The topological polar surface area (TPSA) is 49.4 Å². The highest BCUT2D eigenvalue weighted by Gasteiger charge is 2.34. The standard InChI is InChI=1S/C21H20N2O2S2/c1-12-5-6-16(11-13(12)2)14(3)19-20(25)23(21(26)27-19)18-9-7-17(8-10-18)22-15(4)24/h5-11H,1-4H3,(H,22,24)/b19-14-. The van der Waals surface area contributed by atoms with Crippen LogP contribution in [0.5, 0.6) is 0 Å². The monoisotopic (exact) mass is 396 g/mol. The van der Waals surface area contributed by atoms with Crippen molar-refractivity contribution in [2.24, 2.45) is 0 Å². The molecule has 1 heterocycles. The SMILES string of the molecule is CC(=O)Nc1ccc(N2C(=O)/C(=C(\C)c3ccc(C)c(C)c3)SC2=S)cc1. The number of rotatable bonds is 3. The minimum Gasteiger partial charge on any atom is -0.326 e. The van der Waals surface area contributed by atoms with Gasteiger partial charge in [-0.2, -0.15) is 0 Å². The summed E-state index contributed by atoms with van der Waals surface area (Å²) in [7, 11) is 0. The lowest BCUT2D eigenvalue weighted by molar-refractivity contribution is -0.114. The van der Waals surface area contributed by atoms with E-state index < -0.39 is 0 Å². The van der Waals surface area contributed by atoms with Crippen LogP contribution < -0.4 is 10.2 Å². The smallest absolute Gasteiger partial charge is 0.271 e. The van der Waals surface area contributed by atoms with Crippen LogP contribution in [0.25, 0.3) is 5.57 Å². The predicted octanol–water partition coefficient (Wildman–Crippen LogP) is 5.06. The Bertz CT molecular complexity index is 978. The number of carbonyl (C=O) groups excluding carboxylic acids is 2. The summed E-state index contributed by atoms with van der Waals surface area (Å²) in [5.74, 6) is -0.256. The lowest BCUT2D eigenvalue weighted by Crippen LogP contribution is -2.27. The van der Waals surface area contributed by atoms with Crippen molar-refractivity contribution in [2.75, 3.05) is 10.2 Å². The van der Waals surface area contributed by atoms with Gasteiger partial charge in [-0.05, 0) is 67.3 Å². The number of thioether (sulfide) groups is 1. The van der Waals surface area contributed by atoms with Crippen molar-refractivity contribution in [2.45, 2.75) is 27.7 Å². The molecule has 3 rings (SSSR count). The van der Waals surface area contributed by atoms with Crippen molar-refractivity contribution in [1.82, 2.24) is 0 Å². The molecule has 1 aliphatic heterocycles. The molecule has 138 valence electrons. The van der Waals surface area contributed by atoms with E-state index in [1.165, 1.54) is 34.7 Å². The highest BCUT2D eigenvalue weighted by Crippen LogP contribution is 2.39. The molecule has 0 bridgehead atoms. The van der Waals surface area contributed by atoms with E-state index in [9.17, 15) is 9.59 Å². The van der Waals surface area contributed by atoms with Crippen LogP contribution in [0.2, 0.25) is 0 Å². The number of benzene rings is 2. The van der Waals surface area contributed by atoms with Crippen LogP contribution in [0.3, 0.4) is 0 Å². The Labute approximate surface area is 168 Å². The van der Waals surface area contributed by atoms with Crippen LogP contribution in [0.15, 0.2) is 47.4 Å². The Balaban J connectivity index is 1.92. The van der Waals surface area contributed by atoms with Crippen molar-refractivity contribution in [3.63, 3.8) is 0 Å². The Kier molecular flexibility index (Phi) is 5.48. The van der Waals surface area contributed by atoms with E-state index in [4.69, 9.17) is 12.2 Å². The van der Waals surface area contributed by atoms with E-state index in [2.05, 4.69) is 31.3 Å². The van der Waals surface area contributed by atoms with Crippen molar-refractivity contribution < 1.29 is 9.59 Å². The van der Waals surface area contributed by atoms with E-state index in [1.807, 2.05) is 13.0 Å². The lowest BCUT2D eigenvalue weighted by atomic mass is 10.0. The number of aryl methyl sites for hydroxylation is 2. The molecule has 1 saturated heterocycles. The Morgan fingerprint density at radius 2 is 1.70 bits per heavy atom. The number of nitrogens with one attached hydrogen (secondary N) is 1. The maximum absolute atomic E-state index is 13.0. The second kappa shape index (κ2) is 7.66. The van der Waals surface area contributed by atoms with Crippen LogP contribution in [-0.2, 0) is 9.59 Å². The summed E-state index contributed by atoms with van der Waals surface area (Å²) in [6.45, 7) is 7.54. The maximum Gasteiger partial charge on any atom is 0.271 e. The van der Waals surface area contributed by atoms with Gasteiger partial charge in [-0.15, -0.1) is 0 Å². The van der Waals surface area contributed by atoms with Crippen LogP contribution >= 0.6 is 24.0 Å². The van der Waals surface area contributed by atoms with Gasteiger partial charge in [-0.1, -0.05) is 42.2 Å². The number of thiocarbonyl (C=S) groups is 1. The number of amides is 2. The zero-order valence-electron chi connectivity index (χ0n) is 15.6. The van der Waals surface area contributed by atoms with E-state index in [-0.39, 0.29) is 11.8 Å². The second-order valence-corrected chi connectivity index (χ2v) is 8.13. The number of anilines is 2. The summed E-state index contributed by atoms with van der Waals surface area (Å²) in [6.07, 6.45) is 0. The molecule has 4 nitrogen and oxygen atoms in total. The molecule has 1 fully saturated rings. The van der Waals surface area contributed by atoms with Crippen molar-refractivity contribution in [1.29, 1.82) is 0 Å². The minimum absolute atomic E-state index is 0.118. The fraction of sp³-hybridized carbons (Fsp3) is 0.190. The van der Waals surface area contributed by atoms with E-state index in [0.29, 0.717) is 20.6 Å². The first kappa shape index (κ1) is 19.3. The normalized spacial score (nSPS) is 15.9. The number of allylic oxidation sites excluding steroid dienone is 1. The summed E-state index contributed by atoms with van der Waals surface area (Å²) in [4.78, 5) is 26.4. The van der Waals surface area contributed by atoms with Crippen molar-refractivity contribution in [3.05, 3.63) is 64.1 Å². The summed E-state index contributed by atoms with van der Waals surface area (Å²) < 4.78 is 0.505. The van der Waals surface area contributed by atoms with Gasteiger partial charge in [0.2, 0.25) is 5.91 Å². The Hall–Kier alpha value is -2.44. The Morgan fingerprint density at radius 1 is 1.04 bits per heavy atom. The first-order chi connectivity index (χ1) is 12.8. The van der Waals surface area contributed by atoms with E-state index in [1.54, 1.807) is 24.3 Å². The highest BCUT2D eigenvalue weighted by molar-refractivity contribution is 8.27. The molecule has 0 spiro atoms. The highest BCUT2D eigenvalue weighted by atomic mass is 32.2. The first-order valence-corrected chi connectivity index (χ1v) is 9.73. The molecular weight excluding hydrogens is 376 g/mol. The summed E-state index contributed by atoms with van der Waals surface area (Å²) in [5, 5.41) is 2.71. The van der Waals surface area contributed by atoms with Gasteiger partial charge in [-0.25, -0.2) is 0 Å². The molecule has 2 aromatic rings. The summed E-state index contributed by atoms with van der Waals surface area (Å²) in [5.41, 5.74) is 5.73. The zero-order valence-corrected chi connectivity index (χ0v) is 17.3. The molecule has 0 aliphatic carbocycles. The van der Waals surface area contributed by atoms with Crippen LogP contribution in [-0.4, -0.2) is 16.1 Å². The molecule has 0 unspecified atom stereocenters. The summed E-state index contributed by atoms with van der Waals surface area (Å²) in [6, 6.07) is 13.3. The third kappa shape index (κ3) is 3.96. The molecule has 0 atom stereocenters. The molecule has 0 radical (unpaired) electrons. The second-order valence-electron chi connectivity index (χ2n) is 6.49. The minimum atomic E-state index is -0.139. The molecular formula is C21H20N2O2S2. The van der Waals surface area contributed by atoms with E-state index >= 15 is 0 Å². The van der Waals surface area contributed by atoms with Crippen LogP contribution in [0.4, 0.5) is 11.4 Å². The van der Waals surface area contributed by atoms with Gasteiger partial charge < -0.3 is 5.32 Å². The quantitative estimate of drug-likeness (QED) is 0.582. The predicted molar refractivity (Wildman–Crippen MR) is 117 cm³/mol. The Morgan fingerprint density at radius 3 is 2.30 bits per heavy atom. The van der Waals surface area contributed by atoms with Gasteiger partial charge in [0.1, 0.15) is 0 Å². The van der Waals surface area contributed by atoms with Crippen LogP contribution in [0.1, 0.15) is 30.5 Å². The number of hydrogen-bond acceptors (Lipinski definition) is 4. The van der Waals surface area contributed by atoms with Gasteiger partial charge in [0.15, 0.2) is 4.32 Å². The van der Waals surface area contributed by atoms with Gasteiger partial charge in [0.05, 0.1) is 10.6 Å². The average Bonchev–Trinajstić information content (AvgIpc) is 2.91. The molecule has 1 N–H and O–H groups in total. The molecule has 2 amide bonds. The fourth-order valence-electron chi connectivity index (χ4n) is 2.82. The van der Waals surface area contributed by atoms with Crippen LogP contribution in [0, 0.1) is 13.8 Å². The maximum atomic E-state index is 13.0. The van der Waals surface area contributed by atoms with E-state index in [0.717, 1.165) is 11.1 Å². The first-order valence-electron chi connectivity index (χ1n) is 8.50. The molecule has 0 aromatic heterocycles. The number of hydrogen-bond donors (Lipinski definition) is 1. The molecule has 6 heteroatoms. The van der Waals surface area contributed by atoms with Gasteiger partial charge in [0.25, 0.3) is 5.91 Å². The third-order valence-corrected chi connectivity index (χ3v) is 5.97.